The fourth-order valence-electron chi connectivity index (χ4n) is 1.97. The lowest BCUT2D eigenvalue weighted by Crippen LogP contribution is -2.39. The van der Waals surface area contributed by atoms with Crippen LogP contribution >= 0.6 is 0 Å². The molecule has 4 nitrogen and oxygen atoms in total. The average molecular weight is 205 g/mol. The van der Waals surface area contributed by atoms with Crippen LogP contribution in [0.3, 0.4) is 0 Å². The third kappa shape index (κ3) is 2.32. The van der Waals surface area contributed by atoms with Crippen molar-refractivity contribution in [2.45, 2.75) is 19.8 Å². The second-order valence-corrected chi connectivity index (χ2v) is 4.13. The lowest BCUT2D eigenvalue weighted by atomic mass is 10.00. The zero-order valence-corrected chi connectivity index (χ0v) is 8.89. The first-order valence-corrected chi connectivity index (χ1v) is 5.31. The van der Waals surface area contributed by atoms with E-state index in [0.717, 1.165) is 19.5 Å². The van der Waals surface area contributed by atoms with Gasteiger partial charge in [0.25, 0.3) is 5.91 Å². The van der Waals surface area contributed by atoms with Crippen molar-refractivity contribution in [1.29, 1.82) is 0 Å². The number of aromatic nitrogens is 2. The van der Waals surface area contributed by atoms with Gasteiger partial charge in [0.15, 0.2) is 0 Å². The zero-order chi connectivity index (χ0) is 10.7. The van der Waals surface area contributed by atoms with Crippen molar-refractivity contribution < 1.29 is 4.79 Å². The van der Waals surface area contributed by atoms with Crippen LogP contribution in [0.5, 0.6) is 0 Å². The van der Waals surface area contributed by atoms with Gasteiger partial charge in [0.1, 0.15) is 6.33 Å². The summed E-state index contributed by atoms with van der Waals surface area (Å²) in [4.78, 5) is 21.6. The van der Waals surface area contributed by atoms with Gasteiger partial charge in [-0.1, -0.05) is 6.92 Å². The van der Waals surface area contributed by atoms with Gasteiger partial charge in [-0.05, 0) is 18.8 Å². The minimum absolute atomic E-state index is 0.0575. The largest absolute Gasteiger partial charge is 0.338 e. The Labute approximate surface area is 89.3 Å². The molecule has 0 aromatic carbocycles. The van der Waals surface area contributed by atoms with Crippen molar-refractivity contribution in [3.8, 4) is 0 Å². The predicted octanol–water partition coefficient (Wildman–Crippen LogP) is 1.35. The highest BCUT2D eigenvalue weighted by molar-refractivity contribution is 5.93. The Kier molecular flexibility index (Phi) is 2.94. The van der Waals surface area contributed by atoms with Gasteiger partial charge in [-0.3, -0.25) is 4.79 Å². The maximum atomic E-state index is 12.0. The first-order valence-electron chi connectivity index (χ1n) is 5.31. The van der Waals surface area contributed by atoms with Crippen LogP contribution in [0, 0.1) is 5.92 Å². The van der Waals surface area contributed by atoms with Gasteiger partial charge in [-0.15, -0.1) is 0 Å². The summed E-state index contributed by atoms with van der Waals surface area (Å²) in [6, 6.07) is 0. The minimum atomic E-state index is 0.0575. The van der Waals surface area contributed by atoms with Gasteiger partial charge in [0, 0.05) is 25.5 Å². The Hall–Kier alpha value is -1.45. The summed E-state index contributed by atoms with van der Waals surface area (Å²) in [6.45, 7) is 3.90. The number of nitrogens with zero attached hydrogens (tertiary/aromatic N) is 3. The predicted molar refractivity (Wildman–Crippen MR) is 56.3 cm³/mol. The summed E-state index contributed by atoms with van der Waals surface area (Å²) in [5, 5.41) is 0. The van der Waals surface area contributed by atoms with E-state index < -0.39 is 0 Å². The number of carbonyl (C=O) groups is 1. The Morgan fingerprint density at radius 2 is 2.20 bits per heavy atom. The highest BCUT2D eigenvalue weighted by Crippen LogP contribution is 2.17. The molecule has 0 spiro atoms. The summed E-state index contributed by atoms with van der Waals surface area (Å²) in [7, 11) is 0. The van der Waals surface area contributed by atoms with Crippen molar-refractivity contribution >= 4 is 5.91 Å². The van der Waals surface area contributed by atoms with Crippen molar-refractivity contribution in [2.75, 3.05) is 13.1 Å². The molecule has 0 aliphatic carbocycles. The Morgan fingerprint density at radius 3 is 2.87 bits per heavy atom. The molecule has 2 rings (SSSR count). The van der Waals surface area contributed by atoms with E-state index in [1.165, 1.54) is 12.7 Å². The van der Waals surface area contributed by atoms with E-state index in [4.69, 9.17) is 0 Å². The molecular weight excluding hydrogens is 190 g/mol. The smallest absolute Gasteiger partial charge is 0.256 e. The SMILES string of the molecule is CC1CCCN(C(=O)c2cncnc2)C1. The van der Waals surface area contributed by atoms with Gasteiger partial charge in [-0.25, -0.2) is 9.97 Å². The maximum absolute atomic E-state index is 12.0. The summed E-state index contributed by atoms with van der Waals surface area (Å²) >= 11 is 0. The number of carbonyl (C=O) groups excluding carboxylic acids is 1. The number of hydrogen-bond donors (Lipinski definition) is 0. The van der Waals surface area contributed by atoms with Gasteiger partial charge >= 0.3 is 0 Å². The first-order chi connectivity index (χ1) is 7.27. The minimum Gasteiger partial charge on any atom is -0.338 e. The van der Waals surface area contributed by atoms with E-state index in [9.17, 15) is 4.79 Å². The Morgan fingerprint density at radius 1 is 1.47 bits per heavy atom. The van der Waals surface area contributed by atoms with E-state index in [2.05, 4.69) is 16.9 Å². The molecule has 0 N–H and O–H groups in total. The highest BCUT2D eigenvalue weighted by Gasteiger charge is 2.21. The maximum Gasteiger partial charge on any atom is 0.256 e. The number of rotatable bonds is 1. The molecule has 1 atom stereocenters. The number of piperidine rings is 1. The van der Waals surface area contributed by atoms with E-state index in [1.54, 1.807) is 12.4 Å². The standard InChI is InChI=1S/C11H15N3O/c1-9-3-2-4-14(7-9)11(15)10-5-12-8-13-6-10/h5-6,8-9H,2-4,7H2,1H3. The molecule has 0 saturated carbocycles. The van der Waals surface area contributed by atoms with Crippen LogP contribution in [-0.4, -0.2) is 33.9 Å². The lowest BCUT2D eigenvalue weighted by Gasteiger charge is -2.30. The molecule has 1 amide bonds. The van der Waals surface area contributed by atoms with Crippen LogP contribution in [0.1, 0.15) is 30.1 Å². The number of hydrogen-bond acceptors (Lipinski definition) is 3. The molecule has 0 bridgehead atoms. The highest BCUT2D eigenvalue weighted by atomic mass is 16.2. The summed E-state index contributed by atoms with van der Waals surface area (Å²) in [5.41, 5.74) is 0.589. The molecule has 1 unspecified atom stereocenters. The van der Waals surface area contributed by atoms with Crippen molar-refractivity contribution in [3.05, 3.63) is 24.3 Å². The third-order valence-electron chi connectivity index (χ3n) is 2.75. The topological polar surface area (TPSA) is 46.1 Å². The summed E-state index contributed by atoms with van der Waals surface area (Å²) in [5.74, 6) is 0.662. The van der Waals surface area contributed by atoms with Crippen molar-refractivity contribution in [2.24, 2.45) is 5.92 Å². The molecule has 1 saturated heterocycles. The van der Waals surface area contributed by atoms with E-state index in [-0.39, 0.29) is 5.91 Å². The zero-order valence-electron chi connectivity index (χ0n) is 8.89. The van der Waals surface area contributed by atoms with Crippen molar-refractivity contribution in [3.63, 3.8) is 0 Å². The van der Waals surface area contributed by atoms with Gasteiger partial charge < -0.3 is 4.90 Å². The van der Waals surface area contributed by atoms with Crippen LogP contribution in [0.15, 0.2) is 18.7 Å². The quantitative estimate of drug-likeness (QED) is 0.695. The molecule has 1 aromatic heterocycles. The van der Waals surface area contributed by atoms with Crippen LogP contribution < -0.4 is 0 Å². The second kappa shape index (κ2) is 4.38. The first kappa shape index (κ1) is 10.1. The van der Waals surface area contributed by atoms with Crippen molar-refractivity contribution in [1.82, 2.24) is 14.9 Å². The monoisotopic (exact) mass is 205 g/mol. The number of likely N-dealkylation sites (tertiary alicyclic amines) is 1. The van der Waals surface area contributed by atoms with E-state index >= 15 is 0 Å². The van der Waals surface area contributed by atoms with E-state index in [1.807, 2.05) is 4.90 Å². The Balaban J connectivity index is 2.08. The molecular formula is C11H15N3O. The molecule has 80 valence electrons. The molecule has 15 heavy (non-hydrogen) atoms. The van der Waals surface area contributed by atoms with Gasteiger partial charge in [-0.2, -0.15) is 0 Å². The fraction of sp³-hybridized carbons (Fsp3) is 0.545. The summed E-state index contributed by atoms with van der Waals surface area (Å²) in [6.07, 6.45) is 6.91. The van der Waals surface area contributed by atoms with E-state index in [0.29, 0.717) is 11.5 Å². The third-order valence-corrected chi connectivity index (χ3v) is 2.75. The van der Waals surface area contributed by atoms with Crippen LogP contribution in [0.25, 0.3) is 0 Å². The molecule has 2 heterocycles. The average Bonchev–Trinajstić information content (AvgIpc) is 2.29. The molecule has 1 aliphatic heterocycles. The van der Waals surface area contributed by atoms with Gasteiger partial charge in [0.2, 0.25) is 0 Å². The lowest BCUT2D eigenvalue weighted by molar-refractivity contribution is 0.0682. The Bertz CT molecular complexity index is 339. The molecule has 1 fully saturated rings. The fourth-order valence-corrected chi connectivity index (χ4v) is 1.97. The van der Waals surface area contributed by atoms with Crippen LogP contribution in [0.2, 0.25) is 0 Å². The molecule has 1 aliphatic rings. The number of amides is 1. The van der Waals surface area contributed by atoms with Crippen LogP contribution in [-0.2, 0) is 0 Å². The molecule has 0 radical (unpaired) electrons. The normalized spacial score (nSPS) is 21.4. The van der Waals surface area contributed by atoms with Crippen LogP contribution in [0.4, 0.5) is 0 Å². The summed E-state index contributed by atoms with van der Waals surface area (Å²) < 4.78 is 0. The molecule has 4 heteroatoms. The molecule has 1 aromatic rings. The van der Waals surface area contributed by atoms with Gasteiger partial charge in [0.05, 0.1) is 5.56 Å². The second-order valence-electron chi connectivity index (χ2n) is 4.13.